The number of nitrogens with two attached hydrogens (primary N) is 1. The Kier molecular flexibility index (Phi) is 6.21. The van der Waals surface area contributed by atoms with Gasteiger partial charge in [-0.2, -0.15) is 9.78 Å². The molecule has 15 nitrogen and oxygen atoms in total. The molecule has 0 aliphatic carbocycles. The molecule has 4 aromatic rings. The summed E-state index contributed by atoms with van der Waals surface area (Å²) in [5.41, 5.74) is 8.82. The summed E-state index contributed by atoms with van der Waals surface area (Å²) in [5.74, 6) is -1.21. The standard InChI is InChI=1S/C20H15N9O6/c1-11-16(28(27-23-11)18-17(21)25-35-26-18)19(30)24-22-10-12-3-2-4-15(9-12)34-20(31)13-5-7-14(8-6-13)29(32)33/h2-10H,1H3,(H2,21,25)(H,24,30). The molecule has 35 heavy (non-hydrogen) atoms. The number of nitro benzene ring substituents is 1. The number of rotatable bonds is 7. The Balaban J connectivity index is 1.42. The van der Waals surface area contributed by atoms with Crippen molar-refractivity contribution < 1.29 is 23.9 Å². The van der Waals surface area contributed by atoms with Crippen molar-refractivity contribution in [2.75, 3.05) is 5.73 Å². The van der Waals surface area contributed by atoms with E-state index < -0.39 is 16.8 Å². The lowest BCUT2D eigenvalue weighted by Gasteiger charge is -2.05. The summed E-state index contributed by atoms with van der Waals surface area (Å²) in [7, 11) is 0. The van der Waals surface area contributed by atoms with E-state index in [4.69, 9.17) is 10.5 Å². The number of esters is 1. The predicted molar refractivity (Wildman–Crippen MR) is 118 cm³/mol. The third kappa shape index (κ3) is 4.98. The van der Waals surface area contributed by atoms with E-state index in [1.54, 1.807) is 25.1 Å². The number of carbonyl (C=O) groups is 2. The molecule has 2 aromatic carbocycles. The molecule has 2 aromatic heterocycles. The van der Waals surface area contributed by atoms with Crippen molar-refractivity contribution in [3.63, 3.8) is 0 Å². The topological polar surface area (TPSA) is 207 Å². The third-order valence-corrected chi connectivity index (χ3v) is 4.51. The third-order valence-electron chi connectivity index (χ3n) is 4.51. The number of non-ortho nitro benzene ring substituents is 1. The minimum atomic E-state index is -0.694. The second kappa shape index (κ2) is 9.57. The quantitative estimate of drug-likeness (QED) is 0.128. The maximum atomic E-state index is 12.6. The van der Waals surface area contributed by atoms with Crippen molar-refractivity contribution in [1.29, 1.82) is 0 Å². The molecule has 0 aliphatic rings. The van der Waals surface area contributed by atoms with E-state index in [0.717, 1.165) is 4.68 Å². The number of aryl methyl sites for hydroxylation is 1. The van der Waals surface area contributed by atoms with Gasteiger partial charge in [0.1, 0.15) is 5.75 Å². The predicted octanol–water partition coefficient (Wildman–Crippen LogP) is 1.43. The molecule has 3 N–H and O–H groups in total. The lowest BCUT2D eigenvalue weighted by molar-refractivity contribution is -0.384. The van der Waals surface area contributed by atoms with Gasteiger partial charge in [-0.05, 0) is 47.1 Å². The smallest absolute Gasteiger partial charge is 0.343 e. The number of anilines is 1. The molecule has 15 heteroatoms. The Morgan fingerprint density at radius 3 is 2.69 bits per heavy atom. The van der Waals surface area contributed by atoms with Crippen LogP contribution in [0.1, 0.15) is 32.1 Å². The molecule has 0 aliphatic heterocycles. The number of carbonyl (C=O) groups excluding carboxylic acids is 2. The van der Waals surface area contributed by atoms with E-state index in [0.29, 0.717) is 11.3 Å². The fourth-order valence-electron chi connectivity index (χ4n) is 2.87. The lowest BCUT2D eigenvalue weighted by Crippen LogP contribution is -2.22. The van der Waals surface area contributed by atoms with Crippen molar-refractivity contribution in [2.45, 2.75) is 6.92 Å². The van der Waals surface area contributed by atoms with E-state index in [9.17, 15) is 19.7 Å². The maximum absolute atomic E-state index is 12.6. The fourth-order valence-corrected chi connectivity index (χ4v) is 2.87. The van der Waals surface area contributed by atoms with Crippen LogP contribution >= 0.6 is 0 Å². The molecular weight excluding hydrogens is 462 g/mol. The summed E-state index contributed by atoms with van der Waals surface area (Å²) in [6.45, 7) is 1.56. The average molecular weight is 477 g/mol. The maximum Gasteiger partial charge on any atom is 0.343 e. The highest BCUT2D eigenvalue weighted by Crippen LogP contribution is 2.17. The summed E-state index contributed by atoms with van der Waals surface area (Å²) in [5, 5.41) is 29.3. The van der Waals surface area contributed by atoms with Gasteiger partial charge >= 0.3 is 5.97 Å². The summed E-state index contributed by atoms with van der Waals surface area (Å²) in [4.78, 5) is 35.1. The van der Waals surface area contributed by atoms with Gasteiger partial charge in [-0.15, -0.1) is 5.10 Å². The summed E-state index contributed by atoms with van der Waals surface area (Å²) in [6.07, 6.45) is 1.33. The zero-order chi connectivity index (χ0) is 24.9. The SMILES string of the molecule is Cc1nnn(-c2nonc2N)c1C(=O)NN=Cc1cccc(OC(=O)c2ccc([N+](=O)[O-])cc2)c1. The summed E-state index contributed by atoms with van der Waals surface area (Å²) in [6, 6.07) is 11.3. The highest BCUT2D eigenvalue weighted by molar-refractivity contribution is 5.95. The molecule has 0 atom stereocenters. The first-order valence-electron chi connectivity index (χ1n) is 9.74. The number of nitro groups is 1. The van der Waals surface area contributed by atoms with Gasteiger partial charge in [0.05, 0.1) is 22.4 Å². The van der Waals surface area contributed by atoms with Crippen LogP contribution in [-0.2, 0) is 0 Å². The van der Waals surface area contributed by atoms with Gasteiger partial charge < -0.3 is 10.5 Å². The highest BCUT2D eigenvalue weighted by Gasteiger charge is 2.22. The summed E-state index contributed by atoms with van der Waals surface area (Å²) >= 11 is 0. The van der Waals surface area contributed by atoms with Crippen molar-refractivity contribution in [3.05, 3.63) is 81.2 Å². The van der Waals surface area contributed by atoms with Gasteiger partial charge in [-0.3, -0.25) is 14.9 Å². The van der Waals surface area contributed by atoms with Crippen LogP contribution in [-0.4, -0.2) is 48.3 Å². The van der Waals surface area contributed by atoms with Crippen LogP contribution in [0.5, 0.6) is 5.75 Å². The Labute approximate surface area is 195 Å². The second-order valence-corrected chi connectivity index (χ2v) is 6.87. The number of nitrogens with one attached hydrogen (secondary N) is 1. The number of hydrogen-bond donors (Lipinski definition) is 2. The molecule has 0 fully saturated rings. The molecule has 0 bridgehead atoms. The number of benzene rings is 2. The molecule has 2 heterocycles. The number of aromatic nitrogens is 5. The van der Waals surface area contributed by atoms with E-state index >= 15 is 0 Å². The van der Waals surface area contributed by atoms with E-state index in [1.165, 1.54) is 36.5 Å². The van der Waals surface area contributed by atoms with Crippen LogP contribution in [0, 0.1) is 17.0 Å². The van der Waals surface area contributed by atoms with Crippen molar-refractivity contribution in [1.82, 2.24) is 30.7 Å². The number of nitrogens with zero attached hydrogens (tertiary/aromatic N) is 7. The van der Waals surface area contributed by atoms with Gasteiger partial charge in [0.25, 0.3) is 11.6 Å². The molecule has 4 rings (SSSR count). The Bertz CT molecular complexity index is 1440. The van der Waals surface area contributed by atoms with Crippen molar-refractivity contribution in [3.8, 4) is 11.6 Å². The first-order valence-corrected chi connectivity index (χ1v) is 9.74. The minimum absolute atomic E-state index is 0.00210. The first-order chi connectivity index (χ1) is 16.8. The van der Waals surface area contributed by atoms with Crippen molar-refractivity contribution in [2.24, 2.45) is 5.10 Å². The van der Waals surface area contributed by atoms with Crippen LogP contribution in [0.4, 0.5) is 11.5 Å². The van der Waals surface area contributed by atoms with Gasteiger partial charge in [-0.1, -0.05) is 17.3 Å². The van der Waals surface area contributed by atoms with Gasteiger partial charge in [0.2, 0.25) is 11.6 Å². The zero-order valence-electron chi connectivity index (χ0n) is 17.9. The van der Waals surface area contributed by atoms with Crippen LogP contribution in [0.15, 0.2) is 58.3 Å². The molecule has 1 amide bonds. The normalized spacial score (nSPS) is 10.9. The van der Waals surface area contributed by atoms with Gasteiger partial charge in [0.15, 0.2) is 5.69 Å². The summed E-state index contributed by atoms with van der Waals surface area (Å²) < 4.78 is 10.9. The van der Waals surface area contributed by atoms with Crippen LogP contribution in [0.2, 0.25) is 0 Å². The van der Waals surface area contributed by atoms with E-state index in [2.05, 4.69) is 35.8 Å². The Hall–Kier alpha value is -5.47. The Morgan fingerprint density at radius 2 is 2.00 bits per heavy atom. The molecular formula is C20H15N9O6. The molecule has 0 saturated heterocycles. The monoisotopic (exact) mass is 477 g/mol. The minimum Gasteiger partial charge on any atom is -0.423 e. The van der Waals surface area contributed by atoms with Crippen LogP contribution < -0.4 is 15.9 Å². The van der Waals surface area contributed by atoms with Crippen LogP contribution in [0.25, 0.3) is 5.82 Å². The average Bonchev–Trinajstić information content (AvgIpc) is 3.44. The van der Waals surface area contributed by atoms with E-state index in [-0.39, 0.29) is 34.3 Å². The number of ether oxygens (including phenoxy) is 1. The Morgan fingerprint density at radius 1 is 1.23 bits per heavy atom. The molecule has 0 radical (unpaired) electrons. The first kappa shape index (κ1) is 22.7. The second-order valence-electron chi connectivity index (χ2n) is 6.87. The van der Waals surface area contributed by atoms with Crippen molar-refractivity contribution >= 4 is 29.6 Å². The highest BCUT2D eigenvalue weighted by atomic mass is 16.6. The van der Waals surface area contributed by atoms with E-state index in [1.807, 2.05) is 0 Å². The molecule has 0 spiro atoms. The number of amides is 1. The van der Waals surface area contributed by atoms with Gasteiger partial charge in [-0.25, -0.2) is 14.8 Å². The lowest BCUT2D eigenvalue weighted by atomic mass is 10.2. The zero-order valence-corrected chi connectivity index (χ0v) is 17.9. The largest absolute Gasteiger partial charge is 0.423 e. The molecule has 0 saturated carbocycles. The van der Waals surface area contributed by atoms with Gasteiger partial charge in [0, 0.05) is 12.1 Å². The number of hydrogen-bond acceptors (Lipinski definition) is 12. The number of hydrazone groups is 1. The van der Waals surface area contributed by atoms with Crippen LogP contribution in [0.3, 0.4) is 0 Å². The fraction of sp³-hybridized carbons (Fsp3) is 0.0500. The molecule has 176 valence electrons. The molecule has 0 unspecified atom stereocenters. The number of nitrogen functional groups attached to an aromatic ring is 1.